The van der Waals surface area contributed by atoms with E-state index in [1.54, 1.807) is 6.08 Å². The lowest BCUT2D eigenvalue weighted by Crippen LogP contribution is -2.37. The summed E-state index contributed by atoms with van der Waals surface area (Å²) in [5, 5.41) is 21.4. The molecule has 0 unspecified atom stereocenters. The molecule has 2 aromatic carbocycles. The Balaban J connectivity index is 1.69. The number of carbonyl (C=O) groups is 3. The summed E-state index contributed by atoms with van der Waals surface area (Å²) >= 11 is 8.37. The summed E-state index contributed by atoms with van der Waals surface area (Å²) in [6.45, 7) is 0.669. The van der Waals surface area contributed by atoms with Gasteiger partial charge in [-0.15, -0.1) is 11.3 Å². The first-order valence-corrected chi connectivity index (χ1v) is 17.8. The first kappa shape index (κ1) is 32.9. The van der Waals surface area contributed by atoms with Gasteiger partial charge in [-0.2, -0.15) is 8.42 Å². The number of hydrogen-bond donors (Lipinski definition) is 3. The van der Waals surface area contributed by atoms with Gasteiger partial charge in [0.1, 0.15) is 27.0 Å². The van der Waals surface area contributed by atoms with E-state index in [-0.39, 0.29) is 31.4 Å². The molecule has 1 saturated heterocycles. The lowest BCUT2D eigenvalue weighted by atomic mass is 10.1. The zero-order valence-electron chi connectivity index (χ0n) is 23.5. The molecule has 17 heteroatoms. The number of nitrogens with zero attached hydrogens (tertiary/aromatic N) is 3. The lowest BCUT2D eigenvalue weighted by Gasteiger charge is -2.22. The van der Waals surface area contributed by atoms with Gasteiger partial charge in [-0.3, -0.25) is 33.2 Å². The molecule has 3 aromatic rings. The summed E-state index contributed by atoms with van der Waals surface area (Å²) < 4.78 is 33.6. The first-order valence-electron chi connectivity index (χ1n) is 13.4. The van der Waals surface area contributed by atoms with Crippen molar-refractivity contribution in [2.45, 2.75) is 31.2 Å². The van der Waals surface area contributed by atoms with Gasteiger partial charge < -0.3 is 15.1 Å². The van der Waals surface area contributed by atoms with Crippen LogP contribution in [-0.2, 0) is 31.0 Å². The second kappa shape index (κ2) is 13.1. The van der Waals surface area contributed by atoms with Crippen LogP contribution in [0.1, 0.15) is 19.8 Å². The maximum Gasteiger partial charge on any atom is 0.323 e. The molecule has 0 bridgehead atoms. The van der Waals surface area contributed by atoms with Gasteiger partial charge in [0.15, 0.2) is 0 Å². The molecule has 45 heavy (non-hydrogen) atoms. The molecular formula is C28H25N3O9S5. The minimum absolute atomic E-state index is 0.0173. The molecular weight excluding hydrogens is 683 g/mol. The van der Waals surface area contributed by atoms with Crippen LogP contribution in [0.2, 0.25) is 0 Å². The van der Waals surface area contributed by atoms with Crippen LogP contribution in [0.4, 0.5) is 5.69 Å². The number of aromatic nitrogens is 1. The van der Waals surface area contributed by atoms with Crippen LogP contribution in [0.3, 0.4) is 0 Å². The van der Waals surface area contributed by atoms with Crippen LogP contribution < -0.4 is 19.7 Å². The highest BCUT2D eigenvalue weighted by Crippen LogP contribution is 2.50. The van der Waals surface area contributed by atoms with E-state index >= 15 is 0 Å². The monoisotopic (exact) mass is 707 g/mol. The molecule has 3 heterocycles. The highest BCUT2D eigenvalue weighted by atomic mass is 32.2. The van der Waals surface area contributed by atoms with Gasteiger partial charge in [0, 0.05) is 16.8 Å². The van der Waals surface area contributed by atoms with Gasteiger partial charge in [0.25, 0.3) is 21.6 Å². The van der Waals surface area contributed by atoms with Crippen molar-refractivity contribution in [3.63, 3.8) is 0 Å². The Morgan fingerprint density at radius 3 is 2.38 bits per heavy atom. The molecule has 236 valence electrons. The maximum atomic E-state index is 13.7. The van der Waals surface area contributed by atoms with Gasteiger partial charge in [-0.25, -0.2) is 0 Å². The van der Waals surface area contributed by atoms with Crippen molar-refractivity contribution < 1.29 is 37.6 Å². The van der Waals surface area contributed by atoms with Gasteiger partial charge >= 0.3 is 11.9 Å². The van der Waals surface area contributed by atoms with E-state index in [1.165, 1.54) is 11.8 Å². The Labute approximate surface area is 274 Å². The number of hydrogen-bond acceptors (Lipinski definition) is 11. The molecule has 1 amide bonds. The summed E-state index contributed by atoms with van der Waals surface area (Å²) in [6, 6.07) is 11.7. The van der Waals surface area contributed by atoms with Gasteiger partial charge in [0.2, 0.25) is 0 Å². The second-order valence-corrected chi connectivity index (χ2v) is 15.2. The SMILES string of the molecule is CCC(/C=C1/Sc2ccc3ccccc3c2N1CCCS(=O)(=O)O)=c1\s/c(=C2\SC(=S)N(CC(=O)O)C2=O)n(CC(=O)O)c1=O. The number of carboxylic acids is 2. The third kappa shape index (κ3) is 6.87. The van der Waals surface area contributed by atoms with Crippen LogP contribution in [0.25, 0.3) is 21.3 Å². The number of rotatable bonds is 10. The Morgan fingerprint density at radius 2 is 1.71 bits per heavy atom. The van der Waals surface area contributed by atoms with E-state index in [9.17, 15) is 42.4 Å². The minimum Gasteiger partial charge on any atom is -0.480 e. The quantitative estimate of drug-likeness (QED) is 0.207. The number of aliphatic carboxylic acids is 2. The number of benzene rings is 2. The Bertz CT molecular complexity index is 2100. The third-order valence-corrected chi connectivity index (χ3v) is 11.6. The molecule has 1 fully saturated rings. The van der Waals surface area contributed by atoms with E-state index in [4.69, 9.17) is 12.2 Å². The van der Waals surface area contributed by atoms with Crippen molar-refractivity contribution in [3.05, 3.63) is 67.1 Å². The smallest absolute Gasteiger partial charge is 0.323 e. The molecule has 1 aromatic heterocycles. The molecule has 5 rings (SSSR count). The number of fused-ring (bicyclic) bond motifs is 3. The predicted octanol–water partition coefficient (Wildman–Crippen LogP) is 2.49. The van der Waals surface area contributed by atoms with Crippen LogP contribution >= 0.6 is 47.1 Å². The number of carbonyl (C=O) groups excluding carboxylic acids is 1. The van der Waals surface area contributed by atoms with Crippen molar-refractivity contribution >= 4 is 106 Å². The molecule has 0 radical (unpaired) electrons. The molecule has 0 aliphatic carbocycles. The summed E-state index contributed by atoms with van der Waals surface area (Å²) in [4.78, 5) is 53.6. The standard InChI is InChI=1S/C28H25N3O9S5/c1-2-15(23-25(36)30(13-20(32)33)27(43-23)24-26(37)31(14-21(34)35)28(41)44-24)12-19-29(10-5-11-45(38,39)40)22-17-7-4-3-6-16(17)8-9-18(22)42-19/h3-4,6-9,12H,2,5,10-11,13-14H2,1H3,(H,32,33)(H,34,35)(H,38,39,40)/b19-12+,23-15+,27-24-. The normalized spacial score (nSPS) is 17.9. The molecule has 0 saturated carbocycles. The minimum atomic E-state index is -4.19. The molecule has 0 atom stereocenters. The molecule has 2 aliphatic rings. The number of thiocarbonyl (C=S) groups is 1. The average Bonchev–Trinajstić information content (AvgIpc) is 3.57. The Morgan fingerprint density at radius 1 is 1.00 bits per heavy atom. The van der Waals surface area contributed by atoms with Gasteiger partial charge in [0.05, 0.1) is 21.0 Å². The predicted molar refractivity (Wildman–Crippen MR) is 178 cm³/mol. The molecule has 3 N–H and O–H groups in total. The van der Waals surface area contributed by atoms with E-state index in [2.05, 4.69) is 0 Å². The van der Waals surface area contributed by atoms with E-state index < -0.39 is 52.4 Å². The number of carboxylic acid groups (broad SMARTS) is 2. The molecule has 12 nitrogen and oxygen atoms in total. The highest BCUT2D eigenvalue weighted by molar-refractivity contribution is 8.30. The van der Waals surface area contributed by atoms with Gasteiger partial charge in [-0.1, -0.05) is 73.0 Å². The van der Waals surface area contributed by atoms with Crippen LogP contribution in [0.5, 0.6) is 0 Å². The highest BCUT2D eigenvalue weighted by Gasteiger charge is 2.36. The third-order valence-electron chi connectivity index (χ3n) is 6.88. The van der Waals surface area contributed by atoms with Crippen LogP contribution in [-0.4, -0.2) is 73.7 Å². The summed E-state index contributed by atoms with van der Waals surface area (Å²) in [5.74, 6) is -3.75. The van der Waals surface area contributed by atoms with E-state index in [0.29, 0.717) is 17.0 Å². The van der Waals surface area contributed by atoms with Crippen molar-refractivity contribution in [1.82, 2.24) is 9.47 Å². The topological polar surface area (TPSA) is 175 Å². The second-order valence-electron chi connectivity index (χ2n) is 9.89. The van der Waals surface area contributed by atoms with Crippen molar-refractivity contribution in [1.29, 1.82) is 0 Å². The number of amides is 1. The maximum absolute atomic E-state index is 13.7. The fourth-order valence-corrected chi connectivity index (χ4v) is 9.25. The number of thioether (sulfide) groups is 2. The Kier molecular flexibility index (Phi) is 9.57. The Hall–Kier alpha value is -3.48. The van der Waals surface area contributed by atoms with Crippen molar-refractivity contribution in [3.8, 4) is 0 Å². The summed E-state index contributed by atoms with van der Waals surface area (Å²) in [5.41, 5.74) is 0.787. The van der Waals surface area contributed by atoms with E-state index in [0.717, 1.165) is 53.9 Å². The molecule has 2 aliphatic heterocycles. The van der Waals surface area contributed by atoms with Crippen molar-refractivity contribution in [2.75, 3.05) is 23.7 Å². The van der Waals surface area contributed by atoms with Crippen LogP contribution in [0.15, 0.2) is 57.2 Å². The zero-order chi connectivity index (χ0) is 32.6. The number of thiazole rings is 1. The summed E-state index contributed by atoms with van der Waals surface area (Å²) in [6.07, 6.45) is 2.27. The fraction of sp³-hybridized carbons (Fsp3) is 0.250. The largest absolute Gasteiger partial charge is 0.480 e. The summed E-state index contributed by atoms with van der Waals surface area (Å²) in [7, 11) is -4.19. The van der Waals surface area contributed by atoms with E-state index in [1.807, 2.05) is 48.2 Å². The molecule has 0 spiro atoms. The fourth-order valence-electron chi connectivity index (χ4n) is 4.94. The van der Waals surface area contributed by atoms with Gasteiger partial charge in [-0.05, 0) is 35.9 Å². The first-order chi connectivity index (χ1) is 21.3. The van der Waals surface area contributed by atoms with Crippen LogP contribution in [0, 0.1) is 0 Å². The number of allylic oxidation sites excluding steroid dienone is 1. The number of anilines is 1. The average molecular weight is 708 g/mol. The zero-order valence-corrected chi connectivity index (χ0v) is 27.5. The lowest BCUT2D eigenvalue weighted by molar-refractivity contribution is -0.140. The van der Waals surface area contributed by atoms with Crippen molar-refractivity contribution in [2.24, 2.45) is 0 Å².